The molecule has 2 aromatic rings. The summed E-state index contributed by atoms with van der Waals surface area (Å²) in [5.74, 6) is 0.427. The molecule has 3 fully saturated rings. The van der Waals surface area contributed by atoms with Gasteiger partial charge in [0.1, 0.15) is 18.4 Å². The van der Waals surface area contributed by atoms with E-state index in [0.29, 0.717) is 13.3 Å². The molecule has 5 rings (SSSR count). The number of amides is 1. The number of carbonyl (C=O) groups is 1. The number of halogens is 1. The molecule has 2 aliphatic heterocycles. The molecule has 0 N–H and O–H groups in total. The van der Waals surface area contributed by atoms with Gasteiger partial charge in [0, 0.05) is 55.8 Å². The lowest BCUT2D eigenvalue weighted by Crippen LogP contribution is -2.57. The van der Waals surface area contributed by atoms with Crippen LogP contribution >= 0.6 is 0 Å². The number of likely N-dealkylation sites (tertiary alicyclic amines) is 1. The molecule has 0 atom stereocenters. The number of nitrogens with zero attached hydrogens (tertiary/aromatic N) is 6. The zero-order valence-corrected chi connectivity index (χ0v) is 19.9. The van der Waals surface area contributed by atoms with E-state index in [1.807, 2.05) is 18.0 Å². The summed E-state index contributed by atoms with van der Waals surface area (Å²) in [7, 11) is 1.61. The van der Waals surface area contributed by atoms with E-state index in [9.17, 15) is 9.18 Å². The van der Waals surface area contributed by atoms with E-state index in [1.165, 1.54) is 18.0 Å². The SMILES string of the molecule is CCOC(=O)N1CC2(CCC(=[N+]3CCN(c4ncc(F)cc4-c4cnn(COC)c4)CC3)C2)C1. The summed E-state index contributed by atoms with van der Waals surface area (Å²) < 4.78 is 28.5. The van der Waals surface area contributed by atoms with Crippen molar-refractivity contribution in [2.45, 2.75) is 32.9 Å². The highest BCUT2D eigenvalue weighted by Gasteiger charge is 2.51. The molecule has 182 valence electrons. The molecule has 34 heavy (non-hydrogen) atoms. The molecule has 3 aliphatic rings. The van der Waals surface area contributed by atoms with Crippen molar-refractivity contribution in [3.05, 3.63) is 30.5 Å². The second-order valence-corrected chi connectivity index (χ2v) is 9.48. The third-order valence-electron chi connectivity index (χ3n) is 7.17. The lowest BCUT2D eigenvalue weighted by molar-refractivity contribution is -0.531. The van der Waals surface area contributed by atoms with Crippen molar-refractivity contribution in [2.24, 2.45) is 5.41 Å². The third-order valence-corrected chi connectivity index (χ3v) is 7.17. The van der Waals surface area contributed by atoms with E-state index in [4.69, 9.17) is 9.47 Å². The van der Waals surface area contributed by atoms with Gasteiger partial charge in [-0.25, -0.2) is 23.4 Å². The van der Waals surface area contributed by atoms with Crippen molar-refractivity contribution in [1.82, 2.24) is 19.7 Å². The van der Waals surface area contributed by atoms with Gasteiger partial charge in [0.2, 0.25) is 0 Å². The summed E-state index contributed by atoms with van der Waals surface area (Å²) >= 11 is 0. The number of aromatic nitrogens is 3. The van der Waals surface area contributed by atoms with Crippen LogP contribution in [0.15, 0.2) is 24.7 Å². The minimum absolute atomic E-state index is 0.189. The van der Waals surface area contributed by atoms with Crippen molar-refractivity contribution in [3.8, 4) is 11.1 Å². The largest absolute Gasteiger partial charge is 0.450 e. The van der Waals surface area contributed by atoms with Crippen molar-refractivity contribution >= 4 is 17.6 Å². The van der Waals surface area contributed by atoms with Crippen molar-refractivity contribution < 1.29 is 23.2 Å². The first kappa shape index (κ1) is 22.8. The molecule has 0 unspecified atom stereocenters. The van der Waals surface area contributed by atoms with Crippen LogP contribution < -0.4 is 4.90 Å². The van der Waals surface area contributed by atoms with Crippen LogP contribution in [0.4, 0.5) is 15.0 Å². The van der Waals surface area contributed by atoms with Crippen LogP contribution in [-0.4, -0.2) is 89.0 Å². The molecule has 2 aromatic heterocycles. The van der Waals surface area contributed by atoms with E-state index < -0.39 is 0 Å². The highest BCUT2D eigenvalue weighted by atomic mass is 19.1. The van der Waals surface area contributed by atoms with Crippen LogP contribution in [0, 0.1) is 11.2 Å². The van der Waals surface area contributed by atoms with Gasteiger partial charge in [0.15, 0.2) is 18.8 Å². The number of hydrogen-bond acceptors (Lipinski definition) is 6. The molecular formula is C24H32FN6O3+. The number of piperazine rings is 1. The molecule has 1 spiro atoms. The van der Waals surface area contributed by atoms with Crippen LogP contribution in [0.5, 0.6) is 0 Å². The number of carbonyl (C=O) groups excluding carboxylic acids is 1. The molecule has 1 aliphatic carbocycles. The van der Waals surface area contributed by atoms with Gasteiger partial charge in [0.05, 0.1) is 32.1 Å². The van der Waals surface area contributed by atoms with E-state index in [0.717, 1.165) is 75.5 Å². The summed E-state index contributed by atoms with van der Waals surface area (Å²) in [5.41, 5.74) is 3.30. The van der Waals surface area contributed by atoms with Gasteiger partial charge in [-0.1, -0.05) is 0 Å². The lowest BCUT2D eigenvalue weighted by atomic mass is 9.78. The molecule has 10 heteroatoms. The Labute approximate surface area is 198 Å². The second-order valence-electron chi connectivity index (χ2n) is 9.48. The Hall–Kier alpha value is -3.01. The number of ether oxygens (including phenoxy) is 2. The van der Waals surface area contributed by atoms with Gasteiger partial charge in [-0.3, -0.25) is 0 Å². The molecule has 0 bridgehead atoms. The highest BCUT2D eigenvalue weighted by Crippen LogP contribution is 2.44. The molecule has 9 nitrogen and oxygen atoms in total. The Morgan fingerprint density at radius 1 is 1.26 bits per heavy atom. The molecule has 2 saturated heterocycles. The normalized spacial score (nSPS) is 19.6. The van der Waals surface area contributed by atoms with Crippen LogP contribution in [0.25, 0.3) is 11.1 Å². The van der Waals surface area contributed by atoms with E-state index >= 15 is 0 Å². The van der Waals surface area contributed by atoms with Gasteiger partial charge in [-0.15, -0.1) is 0 Å². The van der Waals surface area contributed by atoms with Crippen molar-refractivity contribution in [3.63, 3.8) is 0 Å². The number of pyridine rings is 1. The van der Waals surface area contributed by atoms with Gasteiger partial charge >= 0.3 is 6.09 Å². The maximum Gasteiger partial charge on any atom is 0.409 e. The predicted octanol–water partition coefficient (Wildman–Crippen LogP) is 2.60. The minimum atomic E-state index is -0.360. The van der Waals surface area contributed by atoms with Crippen LogP contribution in [0.2, 0.25) is 0 Å². The second kappa shape index (κ2) is 9.32. The van der Waals surface area contributed by atoms with Gasteiger partial charge in [-0.05, 0) is 19.4 Å². The van der Waals surface area contributed by atoms with Gasteiger partial charge in [-0.2, -0.15) is 5.10 Å². The molecule has 0 radical (unpaired) electrons. The molecule has 1 amide bonds. The maximum absolute atomic E-state index is 14.1. The first-order valence-electron chi connectivity index (χ1n) is 11.9. The topological polar surface area (TPSA) is 75.7 Å². The highest BCUT2D eigenvalue weighted by molar-refractivity contribution is 5.84. The standard InChI is InChI=1S/C24H32FN6O3/c1-3-34-23(32)30-15-24(16-30)5-4-20(11-24)28-6-8-29(9-7-28)22-21(10-19(25)13-26-22)18-12-27-31(14-18)17-33-2/h10,12-14H,3-9,11,15-17H2,1-2H3/q+1. The zero-order valence-electron chi connectivity index (χ0n) is 19.9. The number of methoxy groups -OCH3 is 1. The lowest BCUT2D eigenvalue weighted by Gasteiger charge is -2.46. The van der Waals surface area contributed by atoms with Gasteiger partial charge in [0.25, 0.3) is 0 Å². The predicted molar refractivity (Wildman–Crippen MR) is 125 cm³/mol. The minimum Gasteiger partial charge on any atom is -0.450 e. The average molecular weight is 472 g/mol. The average Bonchev–Trinajstić information content (AvgIpc) is 3.47. The Balaban J connectivity index is 1.25. The van der Waals surface area contributed by atoms with Crippen molar-refractivity contribution in [2.75, 3.05) is 57.9 Å². The third kappa shape index (κ3) is 4.38. The van der Waals surface area contributed by atoms with E-state index in [2.05, 4.69) is 19.6 Å². The first-order valence-corrected chi connectivity index (χ1v) is 11.9. The van der Waals surface area contributed by atoms with Crippen LogP contribution in [0.3, 0.4) is 0 Å². The number of hydrogen-bond donors (Lipinski definition) is 0. The Bertz CT molecular complexity index is 1080. The quantitative estimate of drug-likeness (QED) is 0.624. The molecule has 0 aromatic carbocycles. The van der Waals surface area contributed by atoms with Crippen LogP contribution in [0.1, 0.15) is 26.2 Å². The van der Waals surface area contributed by atoms with E-state index in [1.54, 1.807) is 18.0 Å². The maximum atomic E-state index is 14.1. The summed E-state index contributed by atoms with van der Waals surface area (Å²) in [5, 5.41) is 4.30. The Kier molecular flexibility index (Phi) is 6.24. The van der Waals surface area contributed by atoms with E-state index in [-0.39, 0.29) is 17.3 Å². The monoisotopic (exact) mass is 471 g/mol. The first-order chi connectivity index (χ1) is 16.5. The summed E-state index contributed by atoms with van der Waals surface area (Å²) in [6.07, 6.45) is 7.95. The Morgan fingerprint density at radius 2 is 2.06 bits per heavy atom. The summed E-state index contributed by atoms with van der Waals surface area (Å²) in [4.78, 5) is 20.4. The fourth-order valence-electron chi connectivity index (χ4n) is 5.50. The molecular weight excluding hydrogens is 439 g/mol. The summed E-state index contributed by atoms with van der Waals surface area (Å²) in [6, 6.07) is 1.53. The molecule has 4 heterocycles. The summed E-state index contributed by atoms with van der Waals surface area (Å²) in [6.45, 7) is 7.67. The molecule has 1 saturated carbocycles. The van der Waals surface area contributed by atoms with Crippen LogP contribution in [-0.2, 0) is 16.2 Å². The fraction of sp³-hybridized carbons (Fsp3) is 0.583. The van der Waals surface area contributed by atoms with Gasteiger partial charge < -0.3 is 19.3 Å². The van der Waals surface area contributed by atoms with Crippen molar-refractivity contribution in [1.29, 1.82) is 0 Å². The fourth-order valence-corrected chi connectivity index (χ4v) is 5.50. The smallest absolute Gasteiger partial charge is 0.409 e. The number of rotatable bonds is 5. The Morgan fingerprint density at radius 3 is 2.79 bits per heavy atom. The number of anilines is 1. The zero-order chi connectivity index (χ0) is 23.7.